The van der Waals surface area contributed by atoms with Gasteiger partial charge in [-0.1, -0.05) is 0 Å². The highest BCUT2D eigenvalue weighted by Crippen LogP contribution is 2.33. The molecule has 2 nitrogen and oxygen atoms in total. The van der Waals surface area contributed by atoms with Gasteiger partial charge in [-0.2, -0.15) is 13.2 Å². The monoisotopic (exact) mass is 303 g/mol. The van der Waals surface area contributed by atoms with Crippen LogP contribution < -0.4 is 10.5 Å². The summed E-state index contributed by atoms with van der Waals surface area (Å²) in [5, 5.41) is 0. The van der Waals surface area contributed by atoms with Gasteiger partial charge in [-0.3, -0.25) is 0 Å². The van der Waals surface area contributed by atoms with E-state index in [0.717, 1.165) is 24.3 Å². The lowest BCUT2D eigenvalue weighted by Gasteiger charge is -2.14. The minimum atomic E-state index is -4.62. The number of halogens is 5. The van der Waals surface area contributed by atoms with Crippen LogP contribution in [-0.4, -0.2) is 0 Å². The number of nitrogen functional groups attached to an aromatic ring is 1. The number of rotatable bonds is 3. The molecule has 0 aliphatic heterocycles. The molecule has 2 aromatic carbocycles. The van der Waals surface area contributed by atoms with E-state index in [4.69, 9.17) is 10.5 Å². The zero-order valence-electron chi connectivity index (χ0n) is 10.5. The lowest BCUT2D eigenvalue weighted by atomic mass is 10.1. The second kappa shape index (κ2) is 5.59. The zero-order valence-corrected chi connectivity index (χ0v) is 10.5. The van der Waals surface area contributed by atoms with Crippen LogP contribution in [0.1, 0.15) is 11.1 Å². The van der Waals surface area contributed by atoms with Crippen LogP contribution >= 0.6 is 0 Å². The predicted molar refractivity (Wildman–Crippen MR) is 66.5 cm³/mol. The van der Waals surface area contributed by atoms with Crippen LogP contribution in [0, 0.1) is 11.6 Å². The van der Waals surface area contributed by atoms with Gasteiger partial charge >= 0.3 is 6.18 Å². The molecule has 112 valence electrons. The van der Waals surface area contributed by atoms with E-state index in [2.05, 4.69) is 0 Å². The largest absolute Gasteiger partial charge is 0.489 e. The minimum absolute atomic E-state index is 0.0892. The Morgan fingerprint density at radius 2 is 1.71 bits per heavy atom. The fourth-order valence-corrected chi connectivity index (χ4v) is 1.73. The number of hydrogen-bond donors (Lipinski definition) is 1. The number of anilines is 1. The summed E-state index contributed by atoms with van der Waals surface area (Å²) in [6.07, 6.45) is -4.62. The van der Waals surface area contributed by atoms with Crippen molar-refractivity contribution in [2.45, 2.75) is 12.8 Å². The highest BCUT2D eigenvalue weighted by Gasteiger charge is 2.33. The summed E-state index contributed by atoms with van der Waals surface area (Å²) in [5.41, 5.74) is 3.78. The Morgan fingerprint density at radius 1 is 1.00 bits per heavy atom. The third-order valence-corrected chi connectivity index (χ3v) is 2.73. The van der Waals surface area contributed by atoms with Crippen molar-refractivity contribution >= 4 is 5.69 Å². The Morgan fingerprint density at radius 3 is 2.33 bits per heavy atom. The minimum Gasteiger partial charge on any atom is -0.489 e. The lowest BCUT2D eigenvalue weighted by molar-refractivity contribution is -0.138. The molecule has 0 fully saturated rings. The predicted octanol–water partition coefficient (Wildman–Crippen LogP) is 4.14. The van der Waals surface area contributed by atoms with E-state index in [-0.39, 0.29) is 17.0 Å². The quantitative estimate of drug-likeness (QED) is 0.683. The summed E-state index contributed by atoms with van der Waals surface area (Å²) in [7, 11) is 0. The van der Waals surface area contributed by atoms with Gasteiger partial charge in [-0.25, -0.2) is 8.78 Å². The molecule has 0 saturated heterocycles. The molecule has 0 aliphatic rings. The van der Waals surface area contributed by atoms with E-state index in [9.17, 15) is 22.0 Å². The molecular formula is C14H10F5NO. The van der Waals surface area contributed by atoms with Crippen molar-refractivity contribution in [3.63, 3.8) is 0 Å². The van der Waals surface area contributed by atoms with Crippen LogP contribution in [0.15, 0.2) is 36.4 Å². The van der Waals surface area contributed by atoms with Crippen LogP contribution in [0.4, 0.5) is 27.6 Å². The highest BCUT2D eigenvalue weighted by molar-refractivity contribution is 5.45. The van der Waals surface area contributed by atoms with E-state index < -0.39 is 30.0 Å². The average Bonchev–Trinajstić information content (AvgIpc) is 2.39. The number of ether oxygens (including phenoxy) is 1. The third kappa shape index (κ3) is 3.62. The maximum Gasteiger partial charge on any atom is 0.416 e. The normalized spacial score (nSPS) is 11.5. The van der Waals surface area contributed by atoms with Gasteiger partial charge in [0.2, 0.25) is 0 Å². The number of benzene rings is 2. The Kier molecular flexibility index (Phi) is 4.02. The van der Waals surface area contributed by atoms with Crippen molar-refractivity contribution < 1.29 is 26.7 Å². The molecule has 0 aliphatic carbocycles. The van der Waals surface area contributed by atoms with E-state index in [0.29, 0.717) is 6.07 Å². The molecule has 0 radical (unpaired) electrons. The van der Waals surface area contributed by atoms with Gasteiger partial charge in [0.25, 0.3) is 0 Å². The Balaban J connectivity index is 2.23. The average molecular weight is 303 g/mol. The van der Waals surface area contributed by atoms with Gasteiger partial charge in [-0.15, -0.1) is 0 Å². The van der Waals surface area contributed by atoms with Crippen molar-refractivity contribution in [2.24, 2.45) is 0 Å². The third-order valence-electron chi connectivity index (χ3n) is 2.73. The molecular weight excluding hydrogens is 293 g/mol. The first kappa shape index (κ1) is 15.1. The smallest absolute Gasteiger partial charge is 0.416 e. The molecule has 0 heterocycles. The summed E-state index contributed by atoms with van der Waals surface area (Å²) in [6, 6.07) is 5.51. The first-order chi connectivity index (χ1) is 9.77. The first-order valence-electron chi connectivity index (χ1n) is 5.81. The van der Waals surface area contributed by atoms with Gasteiger partial charge in [-0.05, 0) is 30.3 Å². The fraction of sp³-hybridized carbons (Fsp3) is 0.143. The lowest BCUT2D eigenvalue weighted by Crippen LogP contribution is -2.11. The topological polar surface area (TPSA) is 35.2 Å². The van der Waals surface area contributed by atoms with Crippen LogP contribution in [0.3, 0.4) is 0 Å². The maximum atomic E-state index is 13.1. The van der Waals surface area contributed by atoms with Gasteiger partial charge in [0, 0.05) is 11.6 Å². The molecule has 0 bridgehead atoms. The summed E-state index contributed by atoms with van der Waals surface area (Å²) in [4.78, 5) is 0. The second-order valence-corrected chi connectivity index (χ2v) is 4.27. The molecule has 0 saturated carbocycles. The molecule has 0 amide bonds. The van der Waals surface area contributed by atoms with E-state index in [1.165, 1.54) is 6.07 Å². The molecule has 0 atom stereocenters. The molecule has 0 spiro atoms. The maximum absolute atomic E-state index is 13.1. The van der Waals surface area contributed by atoms with E-state index in [1.807, 2.05) is 0 Å². The van der Waals surface area contributed by atoms with Crippen molar-refractivity contribution in [1.82, 2.24) is 0 Å². The summed E-state index contributed by atoms with van der Waals surface area (Å²) in [5.74, 6) is -1.38. The van der Waals surface area contributed by atoms with Crippen molar-refractivity contribution in [1.29, 1.82) is 0 Å². The summed E-state index contributed by atoms with van der Waals surface area (Å²) < 4.78 is 69.5. The highest BCUT2D eigenvalue weighted by atomic mass is 19.4. The Hall–Kier alpha value is -2.31. The van der Waals surface area contributed by atoms with Crippen molar-refractivity contribution in [2.75, 3.05) is 5.73 Å². The van der Waals surface area contributed by atoms with E-state index >= 15 is 0 Å². The molecule has 0 unspecified atom stereocenters. The molecule has 2 rings (SSSR count). The number of hydrogen-bond acceptors (Lipinski definition) is 2. The molecule has 21 heavy (non-hydrogen) atoms. The van der Waals surface area contributed by atoms with Crippen LogP contribution in [0.2, 0.25) is 0 Å². The van der Waals surface area contributed by atoms with Crippen molar-refractivity contribution in [3.8, 4) is 5.75 Å². The van der Waals surface area contributed by atoms with Gasteiger partial charge < -0.3 is 10.5 Å². The molecule has 2 aromatic rings. The molecule has 7 heteroatoms. The zero-order chi connectivity index (χ0) is 15.6. The van der Waals surface area contributed by atoms with Gasteiger partial charge in [0.15, 0.2) is 0 Å². The number of alkyl halides is 3. The first-order valence-corrected chi connectivity index (χ1v) is 5.81. The molecule has 2 N–H and O–H groups in total. The van der Waals surface area contributed by atoms with Crippen LogP contribution in [0.5, 0.6) is 5.75 Å². The van der Waals surface area contributed by atoms with Crippen LogP contribution in [0.25, 0.3) is 0 Å². The number of nitrogens with two attached hydrogens (primary N) is 1. The van der Waals surface area contributed by atoms with Crippen LogP contribution in [-0.2, 0) is 12.8 Å². The SMILES string of the molecule is Nc1cc(OCc2cc(F)ccc2C(F)(F)F)ccc1F. The summed E-state index contributed by atoms with van der Waals surface area (Å²) in [6.45, 7) is -0.516. The van der Waals surface area contributed by atoms with E-state index in [1.54, 1.807) is 0 Å². The Labute approximate surface area is 116 Å². The van der Waals surface area contributed by atoms with Crippen molar-refractivity contribution in [3.05, 3.63) is 59.2 Å². The Bertz CT molecular complexity index is 654. The fourth-order valence-electron chi connectivity index (χ4n) is 1.73. The second-order valence-electron chi connectivity index (χ2n) is 4.27. The molecule has 0 aromatic heterocycles. The standard InChI is InChI=1S/C14H10F5NO/c15-9-1-3-11(14(17,18)19)8(5-9)7-21-10-2-4-12(16)13(20)6-10/h1-6H,7,20H2. The summed E-state index contributed by atoms with van der Waals surface area (Å²) >= 11 is 0. The van der Waals surface area contributed by atoms with Gasteiger partial charge in [0.05, 0.1) is 11.3 Å². The van der Waals surface area contributed by atoms with Gasteiger partial charge in [0.1, 0.15) is 24.0 Å².